The summed E-state index contributed by atoms with van der Waals surface area (Å²) in [6.07, 6.45) is -0.148. The van der Waals surface area contributed by atoms with Crippen molar-refractivity contribution in [2.24, 2.45) is 5.73 Å². The van der Waals surface area contributed by atoms with Crippen molar-refractivity contribution in [3.05, 3.63) is 0 Å². The summed E-state index contributed by atoms with van der Waals surface area (Å²) in [4.78, 5) is 11.5. The van der Waals surface area contributed by atoms with Crippen molar-refractivity contribution in [1.29, 1.82) is 0 Å². The summed E-state index contributed by atoms with van der Waals surface area (Å²) < 4.78 is 28.0. The second-order valence-corrected chi connectivity index (χ2v) is 7.57. The van der Waals surface area contributed by atoms with Crippen LogP contribution in [0.1, 0.15) is 27.2 Å². The lowest BCUT2D eigenvalue weighted by molar-refractivity contribution is 0.0505. The van der Waals surface area contributed by atoms with Gasteiger partial charge >= 0.3 is 6.09 Å². The fourth-order valence-corrected chi connectivity index (χ4v) is 3.53. The highest BCUT2D eigenvalue weighted by Gasteiger charge is 2.31. The molecule has 0 bridgehead atoms. The second-order valence-electron chi connectivity index (χ2n) is 5.42. The van der Waals surface area contributed by atoms with Crippen LogP contribution in [-0.2, 0) is 14.6 Å². The number of hydrogen-bond acceptors (Lipinski definition) is 5. The zero-order valence-corrected chi connectivity index (χ0v) is 11.2. The minimum atomic E-state index is -3.17. The molecule has 1 saturated heterocycles. The number of alkyl carbamates (subject to hydrolysis) is 1. The predicted octanol–water partition coefficient (Wildman–Crippen LogP) is 0.0255. The van der Waals surface area contributed by atoms with Crippen LogP contribution in [0.25, 0.3) is 0 Å². The van der Waals surface area contributed by atoms with Crippen molar-refractivity contribution in [2.45, 2.75) is 44.9 Å². The van der Waals surface area contributed by atoms with Crippen LogP contribution < -0.4 is 11.1 Å². The summed E-state index contributed by atoms with van der Waals surface area (Å²) >= 11 is 0. The van der Waals surface area contributed by atoms with E-state index in [2.05, 4.69) is 5.32 Å². The first-order chi connectivity index (χ1) is 7.57. The van der Waals surface area contributed by atoms with Crippen molar-refractivity contribution >= 4 is 15.9 Å². The van der Waals surface area contributed by atoms with Gasteiger partial charge in [-0.1, -0.05) is 0 Å². The molecule has 0 aromatic carbocycles. The first-order valence-corrected chi connectivity index (χ1v) is 7.35. The molecule has 1 fully saturated rings. The smallest absolute Gasteiger partial charge is 0.407 e. The molecule has 1 amide bonds. The molecule has 0 aromatic rings. The molecule has 17 heavy (non-hydrogen) atoms. The summed E-state index contributed by atoms with van der Waals surface area (Å²) in [5, 5.41) is 2.54. The minimum absolute atomic E-state index is 0.0144. The number of amides is 1. The predicted molar refractivity (Wildman–Crippen MR) is 64.4 cm³/mol. The normalized spacial score (nSPS) is 28.5. The third kappa shape index (κ3) is 5.36. The zero-order chi connectivity index (χ0) is 13.3. The van der Waals surface area contributed by atoms with Crippen molar-refractivity contribution in [1.82, 2.24) is 5.32 Å². The van der Waals surface area contributed by atoms with Gasteiger partial charge < -0.3 is 15.8 Å². The van der Waals surface area contributed by atoms with Crippen LogP contribution in [0, 0.1) is 0 Å². The van der Waals surface area contributed by atoms with Gasteiger partial charge in [-0.05, 0) is 27.2 Å². The average Bonchev–Trinajstić information content (AvgIpc) is 1.93. The SMILES string of the molecule is CC(C)(C)OC(=O)N[C@@H]1C[C@H](N)CS(=O)(=O)C1. The molecule has 0 aliphatic carbocycles. The Balaban J connectivity index is 2.55. The molecule has 0 radical (unpaired) electrons. The van der Waals surface area contributed by atoms with E-state index in [1.165, 1.54) is 0 Å². The first kappa shape index (κ1) is 14.2. The maximum absolute atomic E-state index is 11.5. The Morgan fingerprint density at radius 3 is 2.41 bits per heavy atom. The van der Waals surface area contributed by atoms with Crippen LogP contribution in [-0.4, -0.2) is 43.7 Å². The Hall–Kier alpha value is -0.820. The molecule has 7 heteroatoms. The van der Waals surface area contributed by atoms with E-state index in [1.807, 2.05) is 0 Å². The molecule has 0 unspecified atom stereocenters. The highest BCUT2D eigenvalue weighted by Crippen LogP contribution is 2.13. The quantitative estimate of drug-likeness (QED) is 0.696. The van der Waals surface area contributed by atoms with Gasteiger partial charge in [-0.2, -0.15) is 0 Å². The largest absolute Gasteiger partial charge is 0.444 e. The number of sulfone groups is 1. The first-order valence-electron chi connectivity index (χ1n) is 5.53. The van der Waals surface area contributed by atoms with E-state index in [4.69, 9.17) is 10.5 Å². The van der Waals surface area contributed by atoms with Gasteiger partial charge in [0.05, 0.1) is 11.5 Å². The standard InChI is InChI=1S/C10H20N2O4S/c1-10(2,3)16-9(13)12-8-4-7(11)5-17(14,15)6-8/h7-8H,4-6,11H2,1-3H3,(H,12,13)/t7-,8+/m0/s1. The van der Waals surface area contributed by atoms with Gasteiger partial charge in [0.15, 0.2) is 9.84 Å². The van der Waals surface area contributed by atoms with Crippen LogP contribution in [0.15, 0.2) is 0 Å². The Morgan fingerprint density at radius 2 is 1.94 bits per heavy atom. The minimum Gasteiger partial charge on any atom is -0.444 e. The van der Waals surface area contributed by atoms with Crippen LogP contribution in [0.3, 0.4) is 0 Å². The molecular formula is C10H20N2O4S. The summed E-state index contributed by atoms with van der Waals surface area (Å²) in [6, 6.07) is -0.882. The Bertz CT molecular complexity index is 386. The number of rotatable bonds is 1. The molecule has 1 heterocycles. The number of hydrogen-bond donors (Lipinski definition) is 2. The Labute approximate surface area is 102 Å². The van der Waals surface area contributed by atoms with E-state index >= 15 is 0 Å². The van der Waals surface area contributed by atoms with Crippen molar-refractivity contribution in [3.8, 4) is 0 Å². The van der Waals surface area contributed by atoms with Gasteiger partial charge in [-0.25, -0.2) is 13.2 Å². The lowest BCUT2D eigenvalue weighted by Gasteiger charge is -2.28. The number of carbonyl (C=O) groups excluding carboxylic acids is 1. The van der Waals surface area contributed by atoms with Crippen molar-refractivity contribution in [2.75, 3.05) is 11.5 Å². The second kappa shape index (κ2) is 4.81. The fraction of sp³-hybridized carbons (Fsp3) is 0.900. The van der Waals surface area contributed by atoms with Gasteiger partial charge in [0.1, 0.15) is 5.60 Å². The molecular weight excluding hydrogens is 244 g/mol. The lowest BCUT2D eigenvalue weighted by atomic mass is 10.1. The van der Waals surface area contributed by atoms with E-state index in [9.17, 15) is 13.2 Å². The van der Waals surface area contributed by atoms with Gasteiger partial charge in [-0.3, -0.25) is 0 Å². The third-order valence-electron chi connectivity index (χ3n) is 2.23. The van der Waals surface area contributed by atoms with Crippen LogP contribution in [0.5, 0.6) is 0 Å². The molecule has 1 aliphatic rings. The molecule has 6 nitrogen and oxygen atoms in total. The molecule has 2 atom stereocenters. The number of nitrogens with two attached hydrogens (primary N) is 1. The van der Waals surface area contributed by atoms with E-state index in [1.54, 1.807) is 20.8 Å². The van der Waals surface area contributed by atoms with E-state index in [0.717, 1.165) is 0 Å². The van der Waals surface area contributed by atoms with Crippen LogP contribution in [0.2, 0.25) is 0 Å². The number of ether oxygens (including phenoxy) is 1. The van der Waals surface area contributed by atoms with Crippen LogP contribution in [0.4, 0.5) is 4.79 Å². The van der Waals surface area contributed by atoms with Gasteiger partial charge in [0.25, 0.3) is 0 Å². The highest BCUT2D eigenvalue weighted by atomic mass is 32.2. The monoisotopic (exact) mass is 264 g/mol. The topological polar surface area (TPSA) is 98.5 Å². The molecule has 1 rings (SSSR count). The summed E-state index contributed by atoms with van der Waals surface area (Å²) in [5.41, 5.74) is 5.03. The van der Waals surface area contributed by atoms with Gasteiger partial charge in [-0.15, -0.1) is 0 Å². The van der Waals surface area contributed by atoms with Crippen LogP contribution >= 0.6 is 0 Å². The fourth-order valence-electron chi connectivity index (χ4n) is 1.78. The summed E-state index contributed by atoms with van der Waals surface area (Å²) in [5.74, 6) is -0.0839. The van der Waals surface area contributed by atoms with Crippen molar-refractivity contribution < 1.29 is 17.9 Å². The van der Waals surface area contributed by atoms with E-state index in [-0.39, 0.29) is 11.5 Å². The lowest BCUT2D eigenvalue weighted by Crippen LogP contribution is -2.51. The third-order valence-corrected chi connectivity index (χ3v) is 4.08. The molecule has 0 saturated carbocycles. The Kier molecular flexibility index (Phi) is 4.03. The molecule has 1 aliphatic heterocycles. The zero-order valence-electron chi connectivity index (χ0n) is 10.4. The number of nitrogens with one attached hydrogen (secondary N) is 1. The maximum Gasteiger partial charge on any atom is 0.407 e. The van der Waals surface area contributed by atoms with Gasteiger partial charge in [0.2, 0.25) is 0 Å². The molecule has 0 spiro atoms. The average molecular weight is 264 g/mol. The van der Waals surface area contributed by atoms with E-state index in [0.29, 0.717) is 6.42 Å². The molecule has 0 aromatic heterocycles. The maximum atomic E-state index is 11.5. The number of carbonyl (C=O) groups is 1. The Morgan fingerprint density at radius 1 is 1.35 bits per heavy atom. The molecule has 3 N–H and O–H groups in total. The van der Waals surface area contributed by atoms with E-state index < -0.39 is 33.6 Å². The van der Waals surface area contributed by atoms with Crippen molar-refractivity contribution in [3.63, 3.8) is 0 Å². The molecule has 100 valence electrons. The highest BCUT2D eigenvalue weighted by molar-refractivity contribution is 7.91. The van der Waals surface area contributed by atoms with Gasteiger partial charge in [0, 0.05) is 12.1 Å². The summed E-state index contributed by atoms with van der Waals surface area (Å²) in [7, 11) is -3.17. The summed E-state index contributed by atoms with van der Waals surface area (Å²) in [6.45, 7) is 5.24.